The lowest BCUT2D eigenvalue weighted by atomic mass is 9.95. The fourth-order valence-corrected chi connectivity index (χ4v) is 3.83. The number of nitrogens with zero attached hydrogens (tertiary/aromatic N) is 1. The molecule has 1 unspecified atom stereocenters. The van der Waals surface area contributed by atoms with Crippen LogP contribution in [0.2, 0.25) is 0 Å². The highest BCUT2D eigenvalue weighted by Gasteiger charge is 2.29. The van der Waals surface area contributed by atoms with E-state index in [0.717, 1.165) is 11.8 Å². The van der Waals surface area contributed by atoms with Crippen molar-refractivity contribution in [3.8, 4) is 11.1 Å². The molecule has 160 valence electrons. The maximum atomic E-state index is 15.0. The number of halogens is 1. The lowest BCUT2D eigenvalue weighted by molar-refractivity contribution is 0.196. The van der Waals surface area contributed by atoms with Crippen molar-refractivity contribution in [2.24, 2.45) is 5.84 Å². The van der Waals surface area contributed by atoms with Crippen molar-refractivity contribution < 1.29 is 21.2 Å². The normalized spacial score (nSPS) is 14.6. The average molecular weight is 444 g/mol. The molecule has 0 fully saturated rings. The summed E-state index contributed by atoms with van der Waals surface area (Å²) in [5.41, 5.74) is 0.158. The number of sulfonamides is 2. The first-order valence-electron chi connectivity index (χ1n) is 8.87. The summed E-state index contributed by atoms with van der Waals surface area (Å²) < 4.78 is 65.0. The van der Waals surface area contributed by atoms with Crippen LogP contribution in [0.5, 0.6) is 0 Å². The largest absolute Gasteiger partial charge is 0.245 e. The average Bonchev–Trinajstić information content (AvgIpc) is 2.65. The second-order valence-corrected chi connectivity index (χ2v) is 11.5. The molecule has 2 aromatic carbocycles. The summed E-state index contributed by atoms with van der Waals surface area (Å²) in [6.07, 6.45) is 1.00. The Morgan fingerprint density at radius 2 is 1.66 bits per heavy atom. The Hall–Kier alpha value is -2.01. The quantitative estimate of drug-likeness (QED) is 0.481. The molecule has 2 aromatic rings. The lowest BCUT2D eigenvalue weighted by Crippen LogP contribution is -2.39. The SMILES string of the molecule is CC(C)S(=O)(=O)NCC(C)(F)c1ccc(-c2cccc(N(N)S(C)(=O)=O)c2)cc1. The third-order valence-corrected chi connectivity index (χ3v) is 7.22. The van der Waals surface area contributed by atoms with Gasteiger partial charge < -0.3 is 0 Å². The Labute approximate surface area is 171 Å². The van der Waals surface area contributed by atoms with E-state index in [0.29, 0.717) is 21.2 Å². The van der Waals surface area contributed by atoms with E-state index < -0.39 is 31.0 Å². The summed E-state index contributed by atoms with van der Waals surface area (Å²) >= 11 is 0. The highest BCUT2D eigenvalue weighted by Crippen LogP contribution is 2.29. The van der Waals surface area contributed by atoms with Crippen LogP contribution in [0.15, 0.2) is 48.5 Å². The van der Waals surface area contributed by atoms with Crippen molar-refractivity contribution in [3.63, 3.8) is 0 Å². The predicted octanol–water partition coefficient (Wildman–Crippen LogP) is 2.51. The number of hydrogen-bond acceptors (Lipinski definition) is 5. The second kappa shape index (κ2) is 8.39. The van der Waals surface area contributed by atoms with Gasteiger partial charge >= 0.3 is 0 Å². The maximum Gasteiger partial charge on any atom is 0.245 e. The summed E-state index contributed by atoms with van der Waals surface area (Å²) in [7, 11) is -7.17. The van der Waals surface area contributed by atoms with E-state index in [2.05, 4.69) is 4.72 Å². The maximum absolute atomic E-state index is 15.0. The van der Waals surface area contributed by atoms with Crippen LogP contribution in [0.4, 0.5) is 10.1 Å². The van der Waals surface area contributed by atoms with Gasteiger partial charge in [0.15, 0.2) is 0 Å². The molecule has 0 aliphatic heterocycles. The van der Waals surface area contributed by atoms with Gasteiger partial charge in [-0.2, -0.15) is 0 Å². The van der Waals surface area contributed by atoms with Gasteiger partial charge in [-0.3, -0.25) is 0 Å². The molecule has 3 N–H and O–H groups in total. The number of hydrogen-bond donors (Lipinski definition) is 2. The molecular formula is C19H26FN3O4S2. The Kier molecular flexibility index (Phi) is 6.73. The number of rotatable bonds is 8. The zero-order valence-corrected chi connectivity index (χ0v) is 18.4. The molecule has 0 saturated heterocycles. The molecule has 0 saturated carbocycles. The first kappa shape index (κ1) is 23.3. The van der Waals surface area contributed by atoms with Gasteiger partial charge in [-0.1, -0.05) is 36.4 Å². The molecule has 0 aromatic heterocycles. The molecule has 29 heavy (non-hydrogen) atoms. The molecule has 0 aliphatic rings. The van der Waals surface area contributed by atoms with Crippen LogP contribution >= 0.6 is 0 Å². The van der Waals surface area contributed by atoms with Crippen LogP contribution in [0.3, 0.4) is 0 Å². The first-order valence-corrected chi connectivity index (χ1v) is 12.3. The smallest absolute Gasteiger partial charge is 0.238 e. The molecule has 7 nitrogen and oxygen atoms in total. The van der Waals surface area contributed by atoms with Crippen LogP contribution in [0.1, 0.15) is 26.3 Å². The van der Waals surface area contributed by atoms with E-state index in [1.54, 1.807) is 48.5 Å². The van der Waals surface area contributed by atoms with Crippen molar-refractivity contribution in [2.45, 2.75) is 31.7 Å². The number of benzene rings is 2. The molecule has 10 heteroatoms. The first-order chi connectivity index (χ1) is 13.2. The van der Waals surface area contributed by atoms with Crippen molar-refractivity contribution in [1.29, 1.82) is 0 Å². The zero-order chi connectivity index (χ0) is 22.0. The summed E-state index contributed by atoms with van der Waals surface area (Å²) in [6, 6.07) is 13.1. The molecule has 0 bridgehead atoms. The number of anilines is 1. The van der Waals surface area contributed by atoms with Crippen molar-refractivity contribution in [1.82, 2.24) is 4.72 Å². The van der Waals surface area contributed by atoms with E-state index in [4.69, 9.17) is 5.84 Å². The summed E-state index contributed by atoms with van der Waals surface area (Å²) in [4.78, 5) is 0. The highest BCUT2D eigenvalue weighted by molar-refractivity contribution is 7.92. The van der Waals surface area contributed by atoms with Crippen LogP contribution in [0, 0.1) is 0 Å². The molecule has 0 radical (unpaired) electrons. The molecule has 0 heterocycles. The van der Waals surface area contributed by atoms with Gasteiger partial charge in [0, 0.05) is 6.54 Å². The third kappa shape index (κ3) is 5.75. The van der Waals surface area contributed by atoms with E-state index >= 15 is 4.39 Å². The molecule has 2 rings (SSSR count). The van der Waals surface area contributed by atoms with Gasteiger partial charge in [-0.25, -0.2) is 36.2 Å². The van der Waals surface area contributed by atoms with Crippen molar-refractivity contribution in [2.75, 3.05) is 17.2 Å². The highest BCUT2D eigenvalue weighted by atomic mass is 32.2. The zero-order valence-electron chi connectivity index (χ0n) is 16.8. The lowest BCUT2D eigenvalue weighted by Gasteiger charge is -2.22. The predicted molar refractivity (Wildman–Crippen MR) is 114 cm³/mol. The van der Waals surface area contributed by atoms with E-state index in [-0.39, 0.29) is 6.54 Å². The van der Waals surface area contributed by atoms with Crippen LogP contribution < -0.4 is 15.0 Å². The van der Waals surface area contributed by atoms with Crippen molar-refractivity contribution in [3.05, 3.63) is 54.1 Å². The molecular weight excluding hydrogens is 417 g/mol. The monoisotopic (exact) mass is 443 g/mol. The fraction of sp³-hybridized carbons (Fsp3) is 0.368. The van der Waals surface area contributed by atoms with Gasteiger partial charge in [-0.15, -0.1) is 0 Å². The van der Waals surface area contributed by atoms with Gasteiger partial charge in [0.25, 0.3) is 0 Å². The van der Waals surface area contributed by atoms with Crippen LogP contribution in [-0.4, -0.2) is 34.9 Å². The van der Waals surface area contributed by atoms with E-state index in [9.17, 15) is 16.8 Å². The molecule has 1 atom stereocenters. The third-order valence-electron chi connectivity index (χ3n) is 4.50. The number of hydrazine groups is 1. The molecule has 0 amide bonds. The number of alkyl halides is 1. The fourth-order valence-electron chi connectivity index (χ4n) is 2.53. The second-order valence-electron chi connectivity index (χ2n) is 7.30. The van der Waals surface area contributed by atoms with Gasteiger partial charge in [0.05, 0.1) is 17.2 Å². The van der Waals surface area contributed by atoms with Gasteiger partial charge in [0.2, 0.25) is 20.0 Å². The van der Waals surface area contributed by atoms with Crippen LogP contribution in [-0.2, 0) is 25.7 Å². The topological polar surface area (TPSA) is 110 Å². The minimum Gasteiger partial charge on any atom is -0.238 e. The minimum absolute atomic E-state index is 0.299. The van der Waals surface area contributed by atoms with E-state index in [1.807, 2.05) is 0 Å². The van der Waals surface area contributed by atoms with Crippen molar-refractivity contribution >= 4 is 25.7 Å². The summed E-state index contributed by atoms with van der Waals surface area (Å²) in [6.45, 7) is 3.98. The Morgan fingerprint density at radius 1 is 1.07 bits per heavy atom. The Bertz CT molecular complexity index is 1070. The summed E-state index contributed by atoms with van der Waals surface area (Å²) in [5.74, 6) is 5.63. The molecule has 0 aliphatic carbocycles. The number of nitrogens with one attached hydrogen (secondary N) is 1. The Balaban J connectivity index is 2.24. The van der Waals surface area contributed by atoms with Crippen LogP contribution in [0.25, 0.3) is 11.1 Å². The van der Waals surface area contributed by atoms with Gasteiger partial charge in [0.1, 0.15) is 5.67 Å². The summed E-state index contributed by atoms with van der Waals surface area (Å²) in [5, 5.41) is -0.651. The standard InChI is InChI=1S/C19H26FN3O4S2/c1-14(2)29(26,27)22-13-19(3,20)17-10-8-15(9-11-17)16-6-5-7-18(12-16)23(21)28(4,24)25/h5-12,14,22H,13,21H2,1-4H3. The van der Waals surface area contributed by atoms with Gasteiger partial charge in [-0.05, 0) is 49.6 Å². The number of nitrogens with two attached hydrogens (primary N) is 1. The van der Waals surface area contributed by atoms with E-state index in [1.165, 1.54) is 20.8 Å². The Morgan fingerprint density at radius 3 is 2.17 bits per heavy atom. The minimum atomic E-state index is -3.60. The molecule has 0 spiro atoms.